The van der Waals surface area contributed by atoms with Gasteiger partial charge in [-0.25, -0.2) is 0 Å². The molecule has 0 amide bonds. The maximum atomic E-state index is 12.6. The van der Waals surface area contributed by atoms with Gasteiger partial charge < -0.3 is 25.2 Å². The summed E-state index contributed by atoms with van der Waals surface area (Å²) in [5.74, 6) is -0.199. The summed E-state index contributed by atoms with van der Waals surface area (Å²) in [5, 5.41) is 45.2. The number of aliphatic hydroxyl groups excluding tert-OH is 4. The summed E-state index contributed by atoms with van der Waals surface area (Å²) in [6.07, 6.45) is 0.517. The summed E-state index contributed by atoms with van der Waals surface area (Å²) in [7, 11) is 0. The third-order valence-electron chi connectivity index (χ3n) is 11.0. The number of Topliss-reactive ketones (excluding diaryl/α,β-unsaturated/α-hetero) is 1. The van der Waals surface area contributed by atoms with Crippen LogP contribution in [0.5, 0.6) is 0 Å². The maximum Gasteiger partial charge on any atom is 0.133 e. The van der Waals surface area contributed by atoms with Crippen LogP contribution in [0.4, 0.5) is 0 Å². The predicted octanol–water partition coefficient (Wildman–Crippen LogP) is 3.18. The average molecular weight is 481 g/mol. The van der Waals surface area contributed by atoms with Gasteiger partial charge in [-0.2, -0.15) is 0 Å². The van der Waals surface area contributed by atoms with Crippen molar-refractivity contribution in [2.24, 2.45) is 52.8 Å². The van der Waals surface area contributed by atoms with E-state index in [0.29, 0.717) is 12.8 Å². The lowest BCUT2D eigenvalue weighted by atomic mass is 9.49. The fourth-order valence-electron chi connectivity index (χ4n) is 8.58. The van der Waals surface area contributed by atoms with Gasteiger partial charge in [0.1, 0.15) is 5.78 Å². The first kappa shape index (κ1) is 26.5. The van der Waals surface area contributed by atoms with Crippen molar-refractivity contribution in [2.45, 2.75) is 117 Å². The number of fused-ring (bicyclic) bond motifs is 5. The van der Waals surface area contributed by atoms with Crippen molar-refractivity contribution >= 4 is 5.78 Å². The molecule has 34 heavy (non-hydrogen) atoms. The molecule has 3 saturated carbocycles. The maximum absolute atomic E-state index is 12.6. The van der Waals surface area contributed by atoms with Crippen LogP contribution in [0.3, 0.4) is 0 Å². The van der Waals surface area contributed by atoms with Crippen molar-refractivity contribution in [3.63, 3.8) is 0 Å². The van der Waals surface area contributed by atoms with Crippen molar-refractivity contribution < 1.29 is 30.0 Å². The van der Waals surface area contributed by atoms with Crippen LogP contribution in [0.1, 0.15) is 80.1 Å². The summed E-state index contributed by atoms with van der Waals surface area (Å²) in [4.78, 5) is 12.6. The SMILES string of the molecule is CC(C)[C@H](C)[C@@H](O)[C@H](O)[C@H](C)[C@H]1O[C@@H](C)[C@H]2CCC(=O)C[C@@H]2[C@H]2[C@H](O)[C@H](O)[C@H]3CCC[C@]3(C)[C@H]12. The molecule has 4 rings (SSSR count). The van der Waals surface area contributed by atoms with Crippen LogP contribution in [0, 0.1) is 52.8 Å². The molecule has 0 unspecified atom stereocenters. The lowest BCUT2D eigenvalue weighted by Gasteiger charge is -2.57. The molecule has 0 aromatic heterocycles. The van der Waals surface area contributed by atoms with Gasteiger partial charge in [-0.3, -0.25) is 4.79 Å². The van der Waals surface area contributed by atoms with Crippen molar-refractivity contribution in [3.8, 4) is 0 Å². The lowest BCUT2D eigenvalue weighted by Crippen LogP contribution is -2.62. The van der Waals surface area contributed by atoms with E-state index in [2.05, 4.69) is 27.7 Å². The molecule has 1 aliphatic heterocycles. The lowest BCUT2D eigenvalue weighted by molar-refractivity contribution is -0.207. The van der Waals surface area contributed by atoms with Gasteiger partial charge in [-0.15, -0.1) is 0 Å². The van der Waals surface area contributed by atoms with Gasteiger partial charge in [0, 0.05) is 18.8 Å². The molecular weight excluding hydrogens is 432 g/mol. The standard InChI is InChI=1S/C28H48O6/c1-13(2)14(3)23(30)24(31)15(4)27-22-21(19-12-17(29)9-10-18(19)16(5)34-27)26(33)25(32)20-8-7-11-28(20,22)6/h13-16,18-27,30-33H,7-12H2,1-6H3/t14-,15-,16-,18+,19-,20+,21+,22-,23+,24+,25+,26-,27+,28-/m0/s1. The Bertz CT molecular complexity index is 740. The van der Waals surface area contributed by atoms with Crippen molar-refractivity contribution in [1.82, 2.24) is 0 Å². The van der Waals surface area contributed by atoms with Crippen LogP contribution in [-0.4, -0.2) is 62.8 Å². The Morgan fingerprint density at radius 2 is 1.68 bits per heavy atom. The molecule has 14 atom stereocenters. The van der Waals surface area contributed by atoms with E-state index in [-0.39, 0.29) is 70.7 Å². The number of aliphatic hydroxyl groups is 4. The molecule has 196 valence electrons. The van der Waals surface area contributed by atoms with E-state index in [4.69, 9.17) is 4.74 Å². The minimum absolute atomic E-state index is 0.0233. The molecule has 0 spiro atoms. The molecule has 6 nitrogen and oxygen atoms in total. The van der Waals surface area contributed by atoms with Gasteiger partial charge in [-0.05, 0) is 73.0 Å². The predicted molar refractivity (Wildman–Crippen MR) is 130 cm³/mol. The van der Waals surface area contributed by atoms with E-state index < -0.39 is 24.4 Å². The summed E-state index contributed by atoms with van der Waals surface area (Å²) in [5.41, 5.74) is -0.244. The molecule has 1 heterocycles. The Labute approximate surface area is 205 Å². The Morgan fingerprint density at radius 3 is 2.32 bits per heavy atom. The highest BCUT2D eigenvalue weighted by Crippen LogP contribution is 2.63. The van der Waals surface area contributed by atoms with Gasteiger partial charge in [0.2, 0.25) is 0 Å². The number of hydrogen-bond donors (Lipinski definition) is 4. The van der Waals surface area contributed by atoms with Crippen LogP contribution >= 0.6 is 0 Å². The molecule has 0 bridgehead atoms. The molecule has 3 aliphatic carbocycles. The van der Waals surface area contributed by atoms with E-state index in [1.165, 1.54) is 0 Å². The molecule has 0 radical (unpaired) electrons. The van der Waals surface area contributed by atoms with E-state index in [9.17, 15) is 25.2 Å². The Hall–Kier alpha value is -0.530. The summed E-state index contributed by atoms with van der Waals surface area (Å²) >= 11 is 0. The Kier molecular flexibility index (Phi) is 7.60. The van der Waals surface area contributed by atoms with Gasteiger partial charge >= 0.3 is 0 Å². The van der Waals surface area contributed by atoms with Gasteiger partial charge in [0.15, 0.2) is 0 Å². The minimum Gasteiger partial charge on any atom is -0.390 e. The first-order valence-electron chi connectivity index (χ1n) is 13.8. The highest BCUT2D eigenvalue weighted by atomic mass is 16.5. The van der Waals surface area contributed by atoms with Crippen LogP contribution in [0.25, 0.3) is 0 Å². The second kappa shape index (κ2) is 9.74. The summed E-state index contributed by atoms with van der Waals surface area (Å²) in [6.45, 7) is 12.4. The van der Waals surface area contributed by atoms with Crippen LogP contribution in [-0.2, 0) is 9.53 Å². The largest absolute Gasteiger partial charge is 0.390 e. The third-order valence-corrected chi connectivity index (χ3v) is 11.0. The van der Waals surface area contributed by atoms with E-state index >= 15 is 0 Å². The number of ketones is 1. The fraction of sp³-hybridized carbons (Fsp3) is 0.964. The molecule has 4 fully saturated rings. The summed E-state index contributed by atoms with van der Waals surface area (Å²) in [6, 6.07) is 0. The molecule has 1 saturated heterocycles. The van der Waals surface area contributed by atoms with Crippen molar-refractivity contribution in [2.75, 3.05) is 0 Å². The molecule has 4 N–H and O–H groups in total. The number of carbonyl (C=O) groups is 1. The van der Waals surface area contributed by atoms with E-state index in [0.717, 1.165) is 25.7 Å². The van der Waals surface area contributed by atoms with Crippen LogP contribution in [0.15, 0.2) is 0 Å². The summed E-state index contributed by atoms with van der Waals surface area (Å²) < 4.78 is 6.84. The third kappa shape index (κ3) is 4.19. The van der Waals surface area contributed by atoms with Gasteiger partial charge in [0.25, 0.3) is 0 Å². The monoisotopic (exact) mass is 480 g/mol. The molecule has 4 aliphatic rings. The first-order chi connectivity index (χ1) is 15.9. The zero-order chi connectivity index (χ0) is 25.1. The van der Waals surface area contributed by atoms with Crippen molar-refractivity contribution in [1.29, 1.82) is 0 Å². The quantitative estimate of drug-likeness (QED) is 0.481. The Morgan fingerprint density at radius 1 is 1.00 bits per heavy atom. The molecule has 6 heteroatoms. The smallest absolute Gasteiger partial charge is 0.133 e. The highest BCUT2D eigenvalue weighted by Gasteiger charge is 2.65. The molecule has 0 aromatic rings. The first-order valence-corrected chi connectivity index (χ1v) is 13.8. The van der Waals surface area contributed by atoms with Crippen molar-refractivity contribution in [3.05, 3.63) is 0 Å². The van der Waals surface area contributed by atoms with Crippen LogP contribution in [0.2, 0.25) is 0 Å². The Balaban J connectivity index is 1.77. The van der Waals surface area contributed by atoms with E-state index in [1.807, 2.05) is 13.8 Å². The zero-order valence-corrected chi connectivity index (χ0v) is 21.9. The molecular formula is C28H48O6. The topological polar surface area (TPSA) is 107 Å². The van der Waals surface area contributed by atoms with Gasteiger partial charge in [-0.1, -0.05) is 41.0 Å². The number of hydrogen-bond acceptors (Lipinski definition) is 6. The number of carbonyl (C=O) groups excluding carboxylic acids is 1. The fourth-order valence-corrected chi connectivity index (χ4v) is 8.58. The van der Waals surface area contributed by atoms with Crippen LogP contribution < -0.4 is 0 Å². The number of ether oxygens (including phenoxy) is 1. The minimum atomic E-state index is -0.954. The second-order valence-electron chi connectivity index (χ2n) is 12.9. The normalized spacial score (nSPS) is 48.3. The average Bonchev–Trinajstić information content (AvgIpc) is 3.14. The number of rotatable bonds is 5. The van der Waals surface area contributed by atoms with Gasteiger partial charge in [0.05, 0.1) is 36.6 Å². The highest BCUT2D eigenvalue weighted by molar-refractivity contribution is 5.79. The second-order valence-corrected chi connectivity index (χ2v) is 12.9. The zero-order valence-electron chi connectivity index (χ0n) is 21.9. The molecule has 0 aromatic carbocycles. The van der Waals surface area contributed by atoms with E-state index in [1.54, 1.807) is 0 Å².